The first-order valence-corrected chi connectivity index (χ1v) is 8.57. The maximum absolute atomic E-state index is 12.5. The number of rotatable bonds is 6. The Morgan fingerprint density at radius 1 is 1.15 bits per heavy atom. The zero-order chi connectivity index (χ0) is 19.0. The van der Waals surface area contributed by atoms with Gasteiger partial charge in [0.1, 0.15) is 5.01 Å². The summed E-state index contributed by atoms with van der Waals surface area (Å²) in [6.45, 7) is 0.893. The van der Waals surface area contributed by atoms with Crippen LogP contribution in [0.5, 0.6) is 0 Å². The van der Waals surface area contributed by atoms with Crippen LogP contribution < -0.4 is 16.0 Å². The van der Waals surface area contributed by atoms with Crippen LogP contribution >= 0.6 is 11.3 Å². The summed E-state index contributed by atoms with van der Waals surface area (Å²) < 4.78 is 37.5. The zero-order valence-corrected chi connectivity index (χ0v) is 14.7. The van der Waals surface area contributed by atoms with Crippen LogP contribution in [-0.4, -0.2) is 37.0 Å². The van der Waals surface area contributed by atoms with Gasteiger partial charge in [-0.15, -0.1) is 11.3 Å². The molecule has 0 unspecified atom stereocenters. The zero-order valence-electron chi connectivity index (χ0n) is 13.9. The third-order valence-corrected chi connectivity index (χ3v) is 4.06. The van der Waals surface area contributed by atoms with E-state index in [4.69, 9.17) is 0 Å². The molecule has 0 aliphatic rings. The van der Waals surface area contributed by atoms with Gasteiger partial charge < -0.3 is 16.0 Å². The van der Waals surface area contributed by atoms with Crippen LogP contribution in [0.25, 0.3) is 0 Å². The van der Waals surface area contributed by atoms with E-state index in [1.54, 1.807) is 31.3 Å². The number of aromatic nitrogens is 1. The lowest BCUT2D eigenvalue weighted by Crippen LogP contribution is -2.41. The van der Waals surface area contributed by atoms with E-state index in [9.17, 15) is 18.0 Å². The van der Waals surface area contributed by atoms with Gasteiger partial charge in [0.05, 0.1) is 6.54 Å². The number of amides is 1. The molecule has 0 aliphatic heterocycles. The Morgan fingerprint density at radius 3 is 2.46 bits per heavy atom. The summed E-state index contributed by atoms with van der Waals surface area (Å²) in [5.41, 5.74) is -0.329. The predicted molar refractivity (Wildman–Crippen MR) is 94.1 cm³/mol. The highest BCUT2D eigenvalue weighted by atomic mass is 32.1. The number of thiazole rings is 1. The number of benzene rings is 1. The fraction of sp³-hybridized carbons (Fsp3) is 0.312. The Hall–Kier alpha value is -2.62. The normalized spacial score (nSPS) is 11.9. The fourth-order valence-electron chi connectivity index (χ4n) is 1.95. The summed E-state index contributed by atoms with van der Waals surface area (Å²) in [7, 11) is 1.54. The molecular weight excluding hydrogens is 367 g/mol. The van der Waals surface area contributed by atoms with Gasteiger partial charge in [0.25, 0.3) is 5.91 Å². The molecule has 26 heavy (non-hydrogen) atoms. The number of hydrogen-bond acceptors (Lipinski definition) is 4. The van der Waals surface area contributed by atoms with E-state index in [0.717, 1.165) is 16.7 Å². The standard InChI is InChI=1S/C16H18F3N5OS/c1-20-15(23-9-13-24-12(10-26-13)16(17,18)19)22-8-7-21-14(25)11-5-3-2-4-6-11/h2-6,10H,7-9H2,1H3,(H,21,25)(H2,20,22,23). The van der Waals surface area contributed by atoms with E-state index in [1.807, 2.05) is 6.07 Å². The molecule has 0 spiro atoms. The molecule has 3 N–H and O–H groups in total. The molecule has 140 valence electrons. The number of aliphatic imine (C=N–C) groups is 1. The summed E-state index contributed by atoms with van der Waals surface area (Å²) in [5.74, 6) is 0.223. The number of hydrogen-bond donors (Lipinski definition) is 3. The molecular formula is C16H18F3N5OS. The van der Waals surface area contributed by atoms with Gasteiger partial charge in [-0.1, -0.05) is 18.2 Å². The summed E-state index contributed by atoms with van der Waals surface area (Å²) in [4.78, 5) is 19.4. The van der Waals surface area contributed by atoms with E-state index in [0.29, 0.717) is 29.6 Å². The van der Waals surface area contributed by atoms with Crippen molar-refractivity contribution in [3.63, 3.8) is 0 Å². The van der Waals surface area contributed by atoms with Crippen LogP contribution in [0.1, 0.15) is 21.1 Å². The average Bonchev–Trinajstić information content (AvgIpc) is 3.11. The Morgan fingerprint density at radius 2 is 1.85 bits per heavy atom. The highest BCUT2D eigenvalue weighted by Crippen LogP contribution is 2.29. The minimum absolute atomic E-state index is 0.122. The lowest BCUT2D eigenvalue weighted by atomic mass is 10.2. The first-order chi connectivity index (χ1) is 12.4. The first kappa shape index (κ1) is 19.7. The quantitative estimate of drug-likeness (QED) is 0.405. The van der Waals surface area contributed by atoms with Crippen LogP contribution in [0.3, 0.4) is 0 Å². The monoisotopic (exact) mass is 385 g/mol. The number of nitrogens with one attached hydrogen (secondary N) is 3. The Bertz CT molecular complexity index is 746. The van der Waals surface area contributed by atoms with Gasteiger partial charge >= 0.3 is 6.18 Å². The van der Waals surface area contributed by atoms with Crippen molar-refractivity contribution in [2.45, 2.75) is 12.7 Å². The van der Waals surface area contributed by atoms with Gasteiger partial charge in [-0.3, -0.25) is 9.79 Å². The number of alkyl halides is 3. The fourth-order valence-corrected chi connectivity index (χ4v) is 2.69. The number of carbonyl (C=O) groups is 1. The molecule has 10 heteroatoms. The Labute approximate surface area is 152 Å². The van der Waals surface area contributed by atoms with Gasteiger partial charge in [0, 0.05) is 31.1 Å². The number of halogens is 3. The minimum Gasteiger partial charge on any atom is -0.355 e. The Balaban J connectivity index is 1.71. The molecule has 0 aliphatic carbocycles. The van der Waals surface area contributed by atoms with E-state index >= 15 is 0 Å². The van der Waals surface area contributed by atoms with Gasteiger partial charge in [-0.2, -0.15) is 13.2 Å². The van der Waals surface area contributed by atoms with Crippen molar-refractivity contribution in [3.05, 3.63) is 52.0 Å². The van der Waals surface area contributed by atoms with Gasteiger partial charge in [-0.25, -0.2) is 4.98 Å². The van der Waals surface area contributed by atoms with E-state index < -0.39 is 11.9 Å². The first-order valence-electron chi connectivity index (χ1n) is 7.69. The second kappa shape index (κ2) is 9.18. The molecule has 0 atom stereocenters. The van der Waals surface area contributed by atoms with Crippen LogP contribution in [0.15, 0.2) is 40.7 Å². The molecule has 0 saturated heterocycles. The third-order valence-electron chi connectivity index (χ3n) is 3.21. The van der Waals surface area contributed by atoms with E-state index in [-0.39, 0.29) is 12.5 Å². The molecule has 6 nitrogen and oxygen atoms in total. The van der Waals surface area contributed by atoms with E-state index in [2.05, 4.69) is 25.9 Å². The predicted octanol–water partition coefficient (Wildman–Crippen LogP) is 2.26. The topological polar surface area (TPSA) is 78.4 Å². The second-order valence-corrected chi connectivity index (χ2v) is 6.04. The van der Waals surface area contributed by atoms with Crippen molar-refractivity contribution in [2.75, 3.05) is 20.1 Å². The van der Waals surface area contributed by atoms with Crippen molar-refractivity contribution >= 4 is 23.2 Å². The lowest BCUT2D eigenvalue weighted by molar-refractivity contribution is -0.140. The van der Waals surface area contributed by atoms with E-state index in [1.165, 1.54) is 0 Å². The van der Waals surface area contributed by atoms with Crippen molar-refractivity contribution in [1.29, 1.82) is 0 Å². The smallest absolute Gasteiger partial charge is 0.355 e. The molecule has 1 aromatic heterocycles. The van der Waals surface area contributed by atoms with Gasteiger partial charge in [0.15, 0.2) is 11.7 Å². The summed E-state index contributed by atoms with van der Waals surface area (Å²) in [5, 5.41) is 9.87. The Kier molecular flexibility index (Phi) is 6.96. The maximum Gasteiger partial charge on any atom is 0.434 e. The molecule has 1 heterocycles. The summed E-state index contributed by atoms with van der Waals surface area (Å²) >= 11 is 0.925. The van der Waals surface area contributed by atoms with Crippen molar-refractivity contribution in [3.8, 4) is 0 Å². The highest BCUT2D eigenvalue weighted by molar-refractivity contribution is 7.09. The van der Waals surface area contributed by atoms with Gasteiger partial charge in [0.2, 0.25) is 0 Å². The molecule has 0 fully saturated rings. The lowest BCUT2D eigenvalue weighted by Gasteiger charge is -2.11. The third kappa shape index (κ3) is 6.03. The number of guanidine groups is 1. The maximum atomic E-state index is 12.5. The summed E-state index contributed by atoms with van der Waals surface area (Å²) in [6.07, 6.45) is -4.44. The number of carbonyl (C=O) groups excluding carboxylic acids is 1. The van der Waals surface area contributed by atoms with Crippen LogP contribution in [0.2, 0.25) is 0 Å². The molecule has 1 amide bonds. The number of nitrogens with zero attached hydrogens (tertiary/aromatic N) is 2. The van der Waals surface area contributed by atoms with Crippen molar-refractivity contribution < 1.29 is 18.0 Å². The van der Waals surface area contributed by atoms with Crippen LogP contribution in [0.4, 0.5) is 13.2 Å². The second-order valence-electron chi connectivity index (χ2n) is 5.10. The molecule has 1 aromatic carbocycles. The SMILES string of the molecule is CN=C(NCCNC(=O)c1ccccc1)NCc1nc(C(F)(F)F)cs1. The van der Waals surface area contributed by atoms with Crippen molar-refractivity contribution in [2.24, 2.45) is 4.99 Å². The molecule has 2 rings (SSSR count). The minimum atomic E-state index is -4.44. The van der Waals surface area contributed by atoms with Crippen LogP contribution in [-0.2, 0) is 12.7 Å². The largest absolute Gasteiger partial charge is 0.434 e. The summed E-state index contributed by atoms with van der Waals surface area (Å²) in [6, 6.07) is 8.82. The molecule has 0 bridgehead atoms. The average molecular weight is 385 g/mol. The molecule has 0 radical (unpaired) electrons. The van der Waals surface area contributed by atoms with Gasteiger partial charge in [-0.05, 0) is 12.1 Å². The molecule has 2 aromatic rings. The molecule has 0 saturated carbocycles. The van der Waals surface area contributed by atoms with Crippen molar-refractivity contribution in [1.82, 2.24) is 20.9 Å². The van der Waals surface area contributed by atoms with Crippen LogP contribution in [0, 0.1) is 0 Å². The highest BCUT2D eigenvalue weighted by Gasteiger charge is 2.33.